The van der Waals surface area contributed by atoms with Crippen molar-refractivity contribution in [2.75, 3.05) is 20.8 Å². The predicted octanol–water partition coefficient (Wildman–Crippen LogP) is 1.98. The molecule has 1 atom stereocenters. The maximum atomic E-state index is 5.62. The molecule has 2 aromatic heterocycles. The molecule has 0 aliphatic rings. The summed E-state index contributed by atoms with van der Waals surface area (Å²) in [7, 11) is 3.44. The van der Waals surface area contributed by atoms with E-state index in [0.717, 1.165) is 23.4 Å². The third kappa shape index (κ3) is 3.88. The van der Waals surface area contributed by atoms with Gasteiger partial charge in [-0.3, -0.25) is 4.98 Å². The third-order valence-corrected chi connectivity index (χ3v) is 2.99. The quantitative estimate of drug-likeness (QED) is 0.840. The molecular formula is C15H20N4O2. The van der Waals surface area contributed by atoms with Crippen molar-refractivity contribution in [3.05, 3.63) is 41.9 Å². The average Bonchev–Trinajstić information content (AvgIpc) is 2.55. The van der Waals surface area contributed by atoms with Crippen LogP contribution in [0.2, 0.25) is 0 Å². The fourth-order valence-electron chi connectivity index (χ4n) is 1.97. The van der Waals surface area contributed by atoms with Gasteiger partial charge in [-0.1, -0.05) is 6.92 Å². The smallest absolute Gasteiger partial charge is 0.233 e. The fraction of sp³-hybridized carbons (Fsp3) is 0.400. The van der Waals surface area contributed by atoms with Gasteiger partial charge in [-0.05, 0) is 31.2 Å². The molecule has 0 spiro atoms. The van der Waals surface area contributed by atoms with E-state index < -0.39 is 0 Å². The first-order chi connectivity index (χ1) is 10.3. The van der Waals surface area contributed by atoms with Gasteiger partial charge in [-0.25, -0.2) is 0 Å². The highest BCUT2D eigenvalue weighted by molar-refractivity contribution is 5.31. The molecule has 1 N–H and O–H groups in total. The van der Waals surface area contributed by atoms with Crippen LogP contribution in [-0.2, 0) is 0 Å². The molecule has 2 heterocycles. The first-order valence-corrected chi connectivity index (χ1v) is 6.91. The van der Waals surface area contributed by atoms with Crippen LogP contribution < -0.4 is 14.8 Å². The molecule has 0 fully saturated rings. The van der Waals surface area contributed by atoms with Crippen molar-refractivity contribution in [1.82, 2.24) is 20.5 Å². The molecule has 21 heavy (non-hydrogen) atoms. The summed E-state index contributed by atoms with van der Waals surface area (Å²) >= 11 is 0. The molecule has 0 bridgehead atoms. The molecule has 2 rings (SSSR count). The van der Waals surface area contributed by atoms with E-state index in [0.29, 0.717) is 12.5 Å². The van der Waals surface area contributed by atoms with Gasteiger partial charge >= 0.3 is 0 Å². The summed E-state index contributed by atoms with van der Waals surface area (Å²) in [5, 5.41) is 11.4. The zero-order valence-corrected chi connectivity index (χ0v) is 12.5. The lowest BCUT2D eigenvalue weighted by atomic mass is 10.1. The Bertz CT molecular complexity index is 560. The van der Waals surface area contributed by atoms with Crippen LogP contribution in [0, 0.1) is 0 Å². The molecule has 0 radical (unpaired) electrons. The zero-order chi connectivity index (χ0) is 15.1. The van der Waals surface area contributed by atoms with Gasteiger partial charge in [0.2, 0.25) is 5.88 Å². The first-order valence-electron chi connectivity index (χ1n) is 6.91. The van der Waals surface area contributed by atoms with Crippen molar-refractivity contribution >= 4 is 0 Å². The summed E-state index contributed by atoms with van der Waals surface area (Å²) in [5.41, 5.74) is 1.78. The van der Waals surface area contributed by atoms with E-state index in [1.165, 1.54) is 0 Å². The number of pyridine rings is 1. The van der Waals surface area contributed by atoms with Crippen LogP contribution in [0.4, 0.5) is 0 Å². The van der Waals surface area contributed by atoms with Gasteiger partial charge in [0.15, 0.2) is 0 Å². The van der Waals surface area contributed by atoms with E-state index in [1.54, 1.807) is 25.6 Å². The normalized spacial score (nSPS) is 12.0. The Morgan fingerprint density at radius 1 is 1.24 bits per heavy atom. The Hall–Kier alpha value is -2.21. The lowest BCUT2D eigenvalue weighted by Crippen LogP contribution is -2.19. The highest BCUT2D eigenvalue weighted by atomic mass is 16.5. The molecule has 1 unspecified atom stereocenters. The fourth-order valence-corrected chi connectivity index (χ4v) is 1.97. The van der Waals surface area contributed by atoms with Crippen molar-refractivity contribution < 1.29 is 9.47 Å². The van der Waals surface area contributed by atoms with E-state index in [4.69, 9.17) is 9.47 Å². The minimum Gasteiger partial charge on any atom is -0.492 e. The van der Waals surface area contributed by atoms with E-state index in [9.17, 15) is 0 Å². The summed E-state index contributed by atoms with van der Waals surface area (Å²) in [5.74, 6) is 1.25. The SMILES string of the molecule is CCCOc1cncc(C(NC)c2ccc(OC)nn2)c1. The highest BCUT2D eigenvalue weighted by Gasteiger charge is 2.15. The van der Waals surface area contributed by atoms with Crippen LogP contribution in [0.3, 0.4) is 0 Å². The first kappa shape index (κ1) is 15.2. The summed E-state index contributed by atoms with van der Waals surface area (Å²) in [6, 6.07) is 5.54. The van der Waals surface area contributed by atoms with Gasteiger partial charge in [0.25, 0.3) is 0 Å². The van der Waals surface area contributed by atoms with Crippen molar-refractivity contribution in [3.63, 3.8) is 0 Å². The molecule has 2 aromatic rings. The molecule has 0 saturated carbocycles. The minimum absolute atomic E-state index is 0.0962. The second-order valence-corrected chi connectivity index (χ2v) is 4.52. The number of methoxy groups -OCH3 is 1. The average molecular weight is 288 g/mol. The van der Waals surface area contributed by atoms with Crippen LogP contribution >= 0.6 is 0 Å². The van der Waals surface area contributed by atoms with Crippen molar-refractivity contribution in [2.45, 2.75) is 19.4 Å². The topological polar surface area (TPSA) is 69.2 Å². The van der Waals surface area contributed by atoms with E-state index in [-0.39, 0.29) is 6.04 Å². The Labute approximate surface area is 124 Å². The molecule has 112 valence electrons. The van der Waals surface area contributed by atoms with Gasteiger partial charge in [0.1, 0.15) is 5.75 Å². The molecule has 6 nitrogen and oxygen atoms in total. The van der Waals surface area contributed by atoms with E-state index >= 15 is 0 Å². The third-order valence-electron chi connectivity index (χ3n) is 2.99. The zero-order valence-electron chi connectivity index (χ0n) is 12.5. The Kier molecular flexibility index (Phi) is 5.45. The summed E-state index contributed by atoms with van der Waals surface area (Å²) in [6.07, 6.45) is 4.47. The van der Waals surface area contributed by atoms with Gasteiger partial charge in [-0.15, -0.1) is 10.2 Å². The molecule has 6 heteroatoms. The standard InChI is InChI=1S/C15H20N4O2/c1-4-7-21-12-8-11(9-17-10-12)15(16-2)13-5-6-14(20-3)19-18-13/h5-6,8-10,15-16H,4,7H2,1-3H3. The maximum absolute atomic E-state index is 5.62. The molecular weight excluding hydrogens is 268 g/mol. The number of nitrogens with one attached hydrogen (secondary N) is 1. The number of rotatable bonds is 7. The summed E-state index contributed by atoms with van der Waals surface area (Å²) < 4.78 is 10.6. The largest absolute Gasteiger partial charge is 0.492 e. The van der Waals surface area contributed by atoms with Gasteiger partial charge < -0.3 is 14.8 Å². The van der Waals surface area contributed by atoms with Crippen LogP contribution in [-0.4, -0.2) is 35.9 Å². The molecule has 0 saturated heterocycles. The predicted molar refractivity (Wildman–Crippen MR) is 79.5 cm³/mol. The second kappa shape index (κ2) is 7.54. The van der Waals surface area contributed by atoms with Crippen LogP contribution in [0.1, 0.15) is 30.6 Å². The maximum Gasteiger partial charge on any atom is 0.233 e. The van der Waals surface area contributed by atoms with Gasteiger partial charge in [-0.2, -0.15) is 0 Å². The number of nitrogens with zero attached hydrogens (tertiary/aromatic N) is 3. The molecule has 0 aliphatic carbocycles. The van der Waals surface area contributed by atoms with Crippen LogP contribution in [0.25, 0.3) is 0 Å². The minimum atomic E-state index is -0.0962. The number of hydrogen-bond donors (Lipinski definition) is 1. The lowest BCUT2D eigenvalue weighted by Gasteiger charge is -2.16. The van der Waals surface area contributed by atoms with Crippen LogP contribution in [0.15, 0.2) is 30.6 Å². The Balaban J connectivity index is 2.23. The van der Waals surface area contributed by atoms with Crippen LogP contribution in [0.5, 0.6) is 11.6 Å². The highest BCUT2D eigenvalue weighted by Crippen LogP contribution is 2.23. The van der Waals surface area contributed by atoms with E-state index in [1.807, 2.05) is 19.2 Å². The Morgan fingerprint density at radius 3 is 2.71 bits per heavy atom. The lowest BCUT2D eigenvalue weighted by molar-refractivity contribution is 0.315. The molecule has 0 amide bonds. The Morgan fingerprint density at radius 2 is 2.10 bits per heavy atom. The monoisotopic (exact) mass is 288 g/mol. The van der Waals surface area contributed by atoms with E-state index in [2.05, 4.69) is 27.4 Å². The molecule has 0 aromatic carbocycles. The second-order valence-electron chi connectivity index (χ2n) is 4.52. The van der Waals surface area contributed by atoms with Gasteiger partial charge in [0, 0.05) is 12.3 Å². The summed E-state index contributed by atoms with van der Waals surface area (Å²) in [4.78, 5) is 4.23. The molecule has 0 aliphatic heterocycles. The van der Waals surface area contributed by atoms with Crippen molar-refractivity contribution in [2.24, 2.45) is 0 Å². The van der Waals surface area contributed by atoms with Crippen molar-refractivity contribution in [1.29, 1.82) is 0 Å². The van der Waals surface area contributed by atoms with Crippen molar-refractivity contribution in [3.8, 4) is 11.6 Å². The number of aromatic nitrogens is 3. The number of ether oxygens (including phenoxy) is 2. The number of hydrogen-bond acceptors (Lipinski definition) is 6. The summed E-state index contributed by atoms with van der Waals surface area (Å²) in [6.45, 7) is 2.75. The van der Waals surface area contributed by atoms with Gasteiger partial charge in [0.05, 0.1) is 31.6 Å².